The van der Waals surface area contributed by atoms with Crippen LogP contribution in [0.15, 0.2) is 12.1 Å². The number of aryl methyl sites for hydroxylation is 1. The summed E-state index contributed by atoms with van der Waals surface area (Å²) in [4.78, 5) is 16.2. The summed E-state index contributed by atoms with van der Waals surface area (Å²) in [5.74, 6) is -1.02. The Hall–Kier alpha value is -1.91. The number of nitrogens with zero attached hydrogens (tertiary/aromatic N) is 3. The molecule has 3 heterocycles. The maximum absolute atomic E-state index is 12.9. The lowest BCUT2D eigenvalue weighted by atomic mass is 10.1. The molecule has 130 valence electrons. The minimum Gasteiger partial charge on any atom is -0.363 e. The maximum atomic E-state index is 12.9. The number of carbonyl (C=O) groups excluding carboxylic acids is 1. The summed E-state index contributed by atoms with van der Waals surface area (Å²) in [5.41, 5.74) is 0.998. The molecule has 1 N–H and O–H groups in total. The minimum absolute atomic E-state index is 0.00695. The van der Waals surface area contributed by atoms with Crippen LogP contribution in [0.1, 0.15) is 5.69 Å². The highest BCUT2D eigenvalue weighted by Gasteiger charge is 2.51. The number of hydrogen-bond donors (Lipinski definition) is 1. The highest BCUT2D eigenvalue weighted by molar-refractivity contribution is 6.30. The lowest BCUT2D eigenvalue weighted by Gasteiger charge is -2.31. The van der Waals surface area contributed by atoms with Gasteiger partial charge in [-0.3, -0.25) is 4.79 Å². The summed E-state index contributed by atoms with van der Waals surface area (Å²) >= 11 is 6.02. The van der Waals surface area contributed by atoms with Crippen molar-refractivity contribution in [3.8, 4) is 0 Å². The molecule has 0 bridgehead atoms. The molecule has 1 saturated heterocycles. The van der Waals surface area contributed by atoms with Crippen molar-refractivity contribution >= 4 is 29.0 Å². The molecule has 24 heavy (non-hydrogen) atoms. The lowest BCUT2D eigenvalue weighted by molar-refractivity contribution is -0.271. The SMILES string of the molecule is Cc1cc2nc(NC(=O)[C@@H]3OCCO[C@@H]3C(F)(F)F)cc(Cl)n2n1. The Labute approximate surface area is 138 Å². The third-order valence-corrected chi connectivity index (χ3v) is 3.56. The van der Waals surface area contributed by atoms with Crippen molar-refractivity contribution in [2.45, 2.75) is 25.3 Å². The van der Waals surface area contributed by atoms with Gasteiger partial charge < -0.3 is 14.8 Å². The zero-order chi connectivity index (χ0) is 17.5. The largest absolute Gasteiger partial charge is 0.417 e. The molecule has 2 aromatic rings. The summed E-state index contributed by atoms with van der Waals surface area (Å²) in [7, 11) is 0. The van der Waals surface area contributed by atoms with Crippen LogP contribution < -0.4 is 5.32 Å². The first-order valence-electron chi connectivity index (χ1n) is 6.89. The second-order valence-corrected chi connectivity index (χ2v) is 5.52. The summed E-state index contributed by atoms with van der Waals surface area (Å²) in [6.07, 6.45) is -8.87. The van der Waals surface area contributed by atoms with E-state index >= 15 is 0 Å². The van der Waals surface area contributed by atoms with Gasteiger partial charge in [0.1, 0.15) is 11.0 Å². The molecule has 0 spiro atoms. The molecule has 2 atom stereocenters. The molecule has 11 heteroatoms. The number of carbonyl (C=O) groups is 1. The quantitative estimate of drug-likeness (QED) is 0.824. The fourth-order valence-electron chi connectivity index (χ4n) is 2.32. The van der Waals surface area contributed by atoms with E-state index in [0.717, 1.165) is 0 Å². The van der Waals surface area contributed by atoms with Crippen LogP contribution in [0.5, 0.6) is 0 Å². The zero-order valence-corrected chi connectivity index (χ0v) is 13.1. The summed E-state index contributed by atoms with van der Waals surface area (Å²) < 4.78 is 49.7. The molecule has 1 aliphatic rings. The smallest absolute Gasteiger partial charge is 0.363 e. The van der Waals surface area contributed by atoms with Gasteiger partial charge in [-0.1, -0.05) is 11.6 Å². The van der Waals surface area contributed by atoms with Crippen molar-refractivity contribution in [3.63, 3.8) is 0 Å². The molecule has 0 saturated carbocycles. The molecule has 0 aromatic carbocycles. The number of hydrogen-bond acceptors (Lipinski definition) is 5. The number of nitrogens with one attached hydrogen (secondary N) is 1. The Kier molecular flexibility index (Phi) is 4.37. The van der Waals surface area contributed by atoms with Gasteiger partial charge in [-0.25, -0.2) is 9.50 Å². The van der Waals surface area contributed by atoms with Crippen LogP contribution in [0.2, 0.25) is 5.15 Å². The molecule has 1 amide bonds. The third kappa shape index (κ3) is 3.30. The van der Waals surface area contributed by atoms with Gasteiger partial charge in [0.05, 0.1) is 18.9 Å². The van der Waals surface area contributed by atoms with Crippen LogP contribution in [0.3, 0.4) is 0 Å². The average molecular weight is 365 g/mol. The van der Waals surface area contributed by atoms with Crippen LogP contribution in [-0.4, -0.2) is 52.1 Å². The topological polar surface area (TPSA) is 77.8 Å². The maximum Gasteiger partial charge on any atom is 0.417 e. The van der Waals surface area contributed by atoms with Gasteiger partial charge in [0.2, 0.25) is 0 Å². The monoisotopic (exact) mass is 364 g/mol. The van der Waals surface area contributed by atoms with Crippen LogP contribution >= 0.6 is 11.6 Å². The van der Waals surface area contributed by atoms with Crippen LogP contribution in [0, 0.1) is 6.92 Å². The summed E-state index contributed by atoms with van der Waals surface area (Å²) in [5, 5.41) is 6.51. The molecular formula is C13H12ClF3N4O3. The van der Waals surface area contributed by atoms with E-state index in [4.69, 9.17) is 16.3 Å². The Morgan fingerprint density at radius 3 is 2.79 bits per heavy atom. The molecule has 1 aliphatic heterocycles. The molecule has 2 aromatic heterocycles. The highest BCUT2D eigenvalue weighted by atomic mass is 35.5. The van der Waals surface area contributed by atoms with Gasteiger partial charge in [-0.2, -0.15) is 18.3 Å². The van der Waals surface area contributed by atoms with E-state index in [1.54, 1.807) is 13.0 Å². The zero-order valence-electron chi connectivity index (χ0n) is 12.3. The number of anilines is 1. The second-order valence-electron chi connectivity index (χ2n) is 5.13. The van der Waals surface area contributed by atoms with Gasteiger partial charge in [-0.15, -0.1) is 0 Å². The van der Waals surface area contributed by atoms with Crippen molar-refractivity contribution in [1.29, 1.82) is 0 Å². The number of halogens is 4. The second kappa shape index (κ2) is 6.19. The Balaban J connectivity index is 1.83. The summed E-state index contributed by atoms with van der Waals surface area (Å²) in [6, 6.07) is 2.89. The van der Waals surface area contributed by atoms with Gasteiger partial charge in [0.25, 0.3) is 5.91 Å². The van der Waals surface area contributed by atoms with E-state index in [1.807, 2.05) is 0 Å². The lowest BCUT2D eigenvalue weighted by Crippen LogP contribution is -2.53. The van der Waals surface area contributed by atoms with Crippen LogP contribution in [0.25, 0.3) is 5.65 Å². The van der Waals surface area contributed by atoms with Crippen molar-refractivity contribution in [3.05, 3.63) is 23.0 Å². The molecule has 3 rings (SSSR count). The van der Waals surface area contributed by atoms with E-state index < -0.39 is 24.3 Å². The van der Waals surface area contributed by atoms with E-state index in [0.29, 0.717) is 11.3 Å². The van der Waals surface area contributed by atoms with Crippen molar-refractivity contribution in [2.24, 2.45) is 0 Å². The Morgan fingerprint density at radius 2 is 2.08 bits per heavy atom. The fourth-order valence-corrected chi connectivity index (χ4v) is 2.55. The average Bonchev–Trinajstić information content (AvgIpc) is 2.87. The van der Waals surface area contributed by atoms with Gasteiger partial charge in [-0.05, 0) is 6.92 Å². The minimum atomic E-state index is -4.72. The highest BCUT2D eigenvalue weighted by Crippen LogP contribution is 2.29. The van der Waals surface area contributed by atoms with Gasteiger partial charge in [0.15, 0.2) is 17.9 Å². The molecule has 1 fully saturated rings. The van der Waals surface area contributed by atoms with E-state index in [1.165, 1.54) is 10.6 Å². The fraction of sp³-hybridized carbons (Fsp3) is 0.462. The van der Waals surface area contributed by atoms with Gasteiger partial charge in [0, 0.05) is 12.1 Å². The molecule has 0 unspecified atom stereocenters. The normalized spacial score (nSPS) is 21.9. The number of amides is 1. The predicted molar refractivity (Wildman–Crippen MR) is 76.9 cm³/mol. The molecule has 7 nitrogen and oxygen atoms in total. The van der Waals surface area contributed by atoms with E-state index in [2.05, 4.69) is 20.1 Å². The van der Waals surface area contributed by atoms with Crippen LogP contribution in [-0.2, 0) is 14.3 Å². The van der Waals surface area contributed by atoms with Crippen molar-refractivity contribution < 1.29 is 27.4 Å². The number of rotatable bonds is 2. The van der Waals surface area contributed by atoms with Gasteiger partial charge >= 0.3 is 6.18 Å². The first-order chi connectivity index (χ1) is 11.3. The number of alkyl halides is 3. The summed E-state index contributed by atoms with van der Waals surface area (Å²) in [6.45, 7) is 1.38. The molecule has 0 aliphatic carbocycles. The van der Waals surface area contributed by atoms with Crippen molar-refractivity contribution in [2.75, 3.05) is 18.5 Å². The third-order valence-electron chi connectivity index (χ3n) is 3.29. The first kappa shape index (κ1) is 16.9. The first-order valence-corrected chi connectivity index (χ1v) is 7.27. The standard InChI is InChI=1S/C13H12ClF3N4O3/c1-6-4-9-18-8(5-7(14)21(9)20-6)19-12(22)10-11(13(15,16)17)24-3-2-23-10/h4-5,10-11H,2-3H2,1H3,(H,18,19,22)/t10-,11+/m1/s1. The molecular weight excluding hydrogens is 353 g/mol. The van der Waals surface area contributed by atoms with Crippen LogP contribution in [0.4, 0.5) is 19.0 Å². The predicted octanol–water partition coefficient (Wildman–Crippen LogP) is 1.98. The number of aromatic nitrogens is 3. The Bertz CT molecular complexity index is 780. The van der Waals surface area contributed by atoms with Crippen molar-refractivity contribution in [1.82, 2.24) is 14.6 Å². The van der Waals surface area contributed by atoms with E-state index in [-0.39, 0.29) is 24.2 Å². The Morgan fingerprint density at radius 1 is 1.38 bits per heavy atom. The molecule has 0 radical (unpaired) electrons. The number of fused-ring (bicyclic) bond motifs is 1. The van der Waals surface area contributed by atoms with E-state index in [9.17, 15) is 18.0 Å². The number of ether oxygens (including phenoxy) is 2.